The molecule has 0 aliphatic heterocycles. The van der Waals surface area contributed by atoms with Crippen LogP contribution >= 0.6 is 0 Å². The summed E-state index contributed by atoms with van der Waals surface area (Å²) in [5, 5.41) is 5.78. The highest BCUT2D eigenvalue weighted by Crippen LogP contribution is 2.27. The first-order valence-corrected chi connectivity index (χ1v) is 7.78. The summed E-state index contributed by atoms with van der Waals surface area (Å²) in [4.78, 5) is 12.2. The Hall–Kier alpha value is -2.69. The van der Waals surface area contributed by atoms with Gasteiger partial charge in [0.15, 0.2) is 11.5 Å². The number of methoxy groups -OCH3 is 2. The topological polar surface area (TPSA) is 59.6 Å². The van der Waals surface area contributed by atoms with Crippen molar-refractivity contribution in [3.63, 3.8) is 0 Å². The SMILES string of the molecule is COc1ccc(CNC(=O)Nc2c(C)cc(C)cc2C)cc1OC. The number of ether oxygens (including phenoxy) is 2. The molecular formula is C19H24N2O3. The molecule has 5 heteroatoms. The number of benzene rings is 2. The van der Waals surface area contributed by atoms with Gasteiger partial charge in [0.2, 0.25) is 0 Å². The van der Waals surface area contributed by atoms with Crippen LogP contribution in [-0.4, -0.2) is 20.3 Å². The van der Waals surface area contributed by atoms with Crippen LogP contribution in [0.3, 0.4) is 0 Å². The van der Waals surface area contributed by atoms with Crippen molar-refractivity contribution in [2.45, 2.75) is 27.3 Å². The summed E-state index contributed by atoms with van der Waals surface area (Å²) in [6.45, 7) is 6.42. The second-order valence-corrected chi connectivity index (χ2v) is 5.77. The molecule has 2 aromatic carbocycles. The van der Waals surface area contributed by atoms with Crippen LogP contribution in [0.2, 0.25) is 0 Å². The van der Waals surface area contributed by atoms with Gasteiger partial charge in [-0.3, -0.25) is 0 Å². The second kappa shape index (κ2) is 7.73. The van der Waals surface area contributed by atoms with Gasteiger partial charge in [-0.1, -0.05) is 23.8 Å². The first-order chi connectivity index (χ1) is 11.4. The Balaban J connectivity index is 2.01. The molecular weight excluding hydrogens is 304 g/mol. The molecule has 0 aliphatic rings. The molecule has 0 aromatic heterocycles. The van der Waals surface area contributed by atoms with Crippen LogP contribution in [0.25, 0.3) is 0 Å². The fourth-order valence-electron chi connectivity index (χ4n) is 2.71. The van der Waals surface area contributed by atoms with E-state index in [1.54, 1.807) is 14.2 Å². The number of aryl methyl sites for hydroxylation is 3. The molecule has 0 atom stereocenters. The number of hydrogen-bond acceptors (Lipinski definition) is 3. The van der Waals surface area contributed by atoms with E-state index in [1.807, 2.05) is 39.0 Å². The van der Waals surface area contributed by atoms with E-state index in [1.165, 1.54) is 5.56 Å². The summed E-state index contributed by atoms with van der Waals surface area (Å²) < 4.78 is 10.5. The maximum absolute atomic E-state index is 12.2. The Morgan fingerprint density at radius 3 is 2.17 bits per heavy atom. The smallest absolute Gasteiger partial charge is 0.319 e. The Morgan fingerprint density at radius 1 is 0.958 bits per heavy atom. The third kappa shape index (κ3) is 4.19. The average molecular weight is 328 g/mol. The lowest BCUT2D eigenvalue weighted by molar-refractivity contribution is 0.251. The Morgan fingerprint density at radius 2 is 1.58 bits per heavy atom. The number of urea groups is 1. The lowest BCUT2D eigenvalue weighted by Gasteiger charge is -2.14. The zero-order valence-corrected chi connectivity index (χ0v) is 14.8. The maximum atomic E-state index is 12.2. The number of anilines is 1. The first kappa shape index (κ1) is 17.7. The number of carbonyl (C=O) groups is 1. The molecule has 2 amide bonds. The van der Waals surface area contributed by atoms with E-state index >= 15 is 0 Å². The van der Waals surface area contributed by atoms with Crippen LogP contribution in [0.1, 0.15) is 22.3 Å². The second-order valence-electron chi connectivity index (χ2n) is 5.77. The predicted octanol–water partition coefficient (Wildman–Crippen LogP) is 3.95. The van der Waals surface area contributed by atoms with Gasteiger partial charge in [0.1, 0.15) is 0 Å². The summed E-state index contributed by atoms with van der Waals surface area (Å²) in [5.41, 5.74) is 5.06. The third-order valence-corrected chi connectivity index (χ3v) is 3.82. The molecule has 0 bridgehead atoms. The summed E-state index contributed by atoms with van der Waals surface area (Å²) >= 11 is 0. The Kier molecular flexibility index (Phi) is 5.68. The van der Waals surface area contributed by atoms with Crippen molar-refractivity contribution in [2.75, 3.05) is 19.5 Å². The largest absolute Gasteiger partial charge is 0.493 e. The molecule has 0 aliphatic carbocycles. The number of amides is 2. The standard InChI is InChI=1S/C19H24N2O3/c1-12-8-13(2)18(14(3)9-12)21-19(22)20-11-15-6-7-16(23-4)17(10-15)24-5/h6-10H,11H2,1-5H3,(H2,20,21,22). The van der Waals surface area contributed by atoms with Crippen molar-refractivity contribution in [3.8, 4) is 11.5 Å². The summed E-state index contributed by atoms with van der Waals surface area (Å²) in [6.07, 6.45) is 0. The van der Waals surface area contributed by atoms with Gasteiger partial charge in [-0.25, -0.2) is 4.79 Å². The van der Waals surface area contributed by atoms with Crippen LogP contribution < -0.4 is 20.1 Å². The minimum atomic E-state index is -0.236. The van der Waals surface area contributed by atoms with Gasteiger partial charge >= 0.3 is 6.03 Å². The minimum Gasteiger partial charge on any atom is -0.493 e. The number of rotatable bonds is 5. The number of nitrogens with one attached hydrogen (secondary N) is 2. The van der Waals surface area contributed by atoms with Gasteiger partial charge in [0, 0.05) is 12.2 Å². The van der Waals surface area contributed by atoms with Gasteiger partial charge in [0.25, 0.3) is 0 Å². The molecule has 0 spiro atoms. The Labute approximate surface area is 143 Å². The highest BCUT2D eigenvalue weighted by Gasteiger charge is 2.09. The van der Waals surface area contributed by atoms with Crippen LogP contribution in [0, 0.1) is 20.8 Å². The summed E-state index contributed by atoms with van der Waals surface area (Å²) in [5.74, 6) is 1.30. The molecule has 0 radical (unpaired) electrons. The zero-order chi connectivity index (χ0) is 17.7. The normalized spacial score (nSPS) is 10.2. The molecule has 0 heterocycles. The molecule has 128 valence electrons. The third-order valence-electron chi connectivity index (χ3n) is 3.82. The van der Waals surface area contributed by atoms with Crippen molar-refractivity contribution in [1.29, 1.82) is 0 Å². The van der Waals surface area contributed by atoms with Crippen LogP contribution in [0.4, 0.5) is 10.5 Å². The quantitative estimate of drug-likeness (QED) is 0.873. The van der Waals surface area contributed by atoms with Gasteiger partial charge < -0.3 is 20.1 Å². The van der Waals surface area contributed by atoms with Crippen molar-refractivity contribution in [2.24, 2.45) is 0 Å². The lowest BCUT2D eigenvalue weighted by Crippen LogP contribution is -2.28. The average Bonchev–Trinajstić information content (AvgIpc) is 2.55. The van der Waals surface area contributed by atoms with Gasteiger partial charge in [-0.2, -0.15) is 0 Å². The van der Waals surface area contributed by atoms with Gasteiger partial charge in [-0.15, -0.1) is 0 Å². The lowest BCUT2D eigenvalue weighted by atomic mass is 10.1. The van der Waals surface area contributed by atoms with Crippen LogP contribution in [-0.2, 0) is 6.54 Å². The monoisotopic (exact) mass is 328 g/mol. The van der Waals surface area contributed by atoms with E-state index in [0.717, 1.165) is 22.4 Å². The zero-order valence-electron chi connectivity index (χ0n) is 14.8. The Bertz CT molecular complexity index is 718. The highest BCUT2D eigenvalue weighted by molar-refractivity contribution is 5.91. The van der Waals surface area contributed by atoms with Crippen molar-refractivity contribution >= 4 is 11.7 Å². The fraction of sp³-hybridized carbons (Fsp3) is 0.316. The van der Waals surface area contributed by atoms with Gasteiger partial charge in [0.05, 0.1) is 14.2 Å². The van der Waals surface area contributed by atoms with E-state index in [4.69, 9.17) is 9.47 Å². The van der Waals surface area contributed by atoms with E-state index in [0.29, 0.717) is 18.0 Å². The van der Waals surface area contributed by atoms with E-state index in [-0.39, 0.29) is 6.03 Å². The van der Waals surface area contributed by atoms with Gasteiger partial charge in [-0.05, 0) is 49.6 Å². The number of carbonyl (C=O) groups excluding carboxylic acids is 1. The van der Waals surface area contributed by atoms with E-state index < -0.39 is 0 Å². The summed E-state index contributed by atoms with van der Waals surface area (Å²) in [7, 11) is 3.18. The maximum Gasteiger partial charge on any atom is 0.319 e. The van der Waals surface area contributed by atoms with Crippen molar-refractivity contribution < 1.29 is 14.3 Å². The van der Waals surface area contributed by atoms with Crippen LogP contribution in [0.5, 0.6) is 11.5 Å². The highest BCUT2D eigenvalue weighted by atomic mass is 16.5. The molecule has 0 fully saturated rings. The van der Waals surface area contributed by atoms with Crippen molar-refractivity contribution in [3.05, 3.63) is 52.6 Å². The summed E-state index contributed by atoms with van der Waals surface area (Å²) in [6, 6.07) is 9.43. The van der Waals surface area contributed by atoms with E-state index in [9.17, 15) is 4.79 Å². The predicted molar refractivity (Wildman–Crippen MR) is 96.1 cm³/mol. The first-order valence-electron chi connectivity index (χ1n) is 7.78. The van der Waals surface area contributed by atoms with Crippen molar-refractivity contribution in [1.82, 2.24) is 5.32 Å². The molecule has 0 saturated heterocycles. The molecule has 2 N–H and O–H groups in total. The molecule has 2 aromatic rings. The fourth-order valence-corrected chi connectivity index (χ4v) is 2.71. The van der Waals surface area contributed by atoms with E-state index in [2.05, 4.69) is 22.8 Å². The number of hydrogen-bond donors (Lipinski definition) is 2. The molecule has 0 saturated carbocycles. The molecule has 2 rings (SSSR count). The minimum absolute atomic E-state index is 0.236. The molecule has 5 nitrogen and oxygen atoms in total. The molecule has 0 unspecified atom stereocenters. The van der Waals surface area contributed by atoms with Crippen LogP contribution in [0.15, 0.2) is 30.3 Å². The molecule has 24 heavy (non-hydrogen) atoms.